The van der Waals surface area contributed by atoms with Crippen LogP contribution in [-0.2, 0) is 9.59 Å². The largest absolute Gasteiger partial charge is 0.361 e. The molecule has 4 heteroatoms. The average Bonchev–Trinajstić information content (AvgIpc) is 2.71. The third kappa shape index (κ3) is 12.4. The molecule has 0 heterocycles. The Morgan fingerprint density at radius 2 is 1.36 bits per heavy atom. The van der Waals surface area contributed by atoms with Gasteiger partial charge >= 0.3 is 11.8 Å². The molecular formula is C24H46N2O2. The van der Waals surface area contributed by atoms with E-state index in [-0.39, 0.29) is 0 Å². The maximum atomic E-state index is 11.3. The van der Waals surface area contributed by atoms with Crippen LogP contribution >= 0.6 is 0 Å². The quantitative estimate of drug-likeness (QED) is 0.253. The molecule has 1 atom stereocenters. The van der Waals surface area contributed by atoms with Gasteiger partial charge in [-0.3, -0.25) is 9.59 Å². The van der Waals surface area contributed by atoms with Gasteiger partial charge in [-0.15, -0.1) is 0 Å². The molecule has 4 nitrogen and oxygen atoms in total. The van der Waals surface area contributed by atoms with Gasteiger partial charge in [0.25, 0.3) is 0 Å². The van der Waals surface area contributed by atoms with Crippen LogP contribution in [0.1, 0.15) is 122 Å². The second-order valence-electron chi connectivity index (χ2n) is 8.89. The summed E-state index contributed by atoms with van der Waals surface area (Å²) >= 11 is 0. The molecule has 0 aromatic heterocycles. The molecule has 0 aliphatic heterocycles. The van der Waals surface area contributed by atoms with Crippen LogP contribution in [0, 0.1) is 11.8 Å². The molecule has 1 rings (SSSR count). The fourth-order valence-electron chi connectivity index (χ4n) is 4.77. The SMILES string of the molecule is CCCCCCCCCCCCC(CCCNC(=O)C(N)=O)C1CCCCC1. The van der Waals surface area contributed by atoms with Crippen molar-refractivity contribution < 1.29 is 9.59 Å². The first-order valence-corrected chi connectivity index (χ1v) is 12.2. The van der Waals surface area contributed by atoms with Gasteiger partial charge in [-0.2, -0.15) is 0 Å². The molecule has 0 aromatic rings. The number of nitrogens with two attached hydrogens (primary N) is 1. The minimum atomic E-state index is -0.880. The summed E-state index contributed by atoms with van der Waals surface area (Å²) in [6.07, 6.45) is 24.3. The van der Waals surface area contributed by atoms with Crippen molar-refractivity contribution in [1.29, 1.82) is 0 Å². The van der Waals surface area contributed by atoms with E-state index >= 15 is 0 Å². The Morgan fingerprint density at radius 1 is 0.821 bits per heavy atom. The van der Waals surface area contributed by atoms with Gasteiger partial charge in [0.2, 0.25) is 0 Å². The lowest BCUT2D eigenvalue weighted by Crippen LogP contribution is -2.36. The molecule has 1 fully saturated rings. The summed E-state index contributed by atoms with van der Waals surface area (Å²) in [4.78, 5) is 22.1. The Balaban J connectivity index is 2.15. The number of carbonyl (C=O) groups is 2. The number of hydrogen-bond donors (Lipinski definition) is 2. The van der Waals surface area contributed by atoms with E-state index in [1.54, 1.807) is 0 Å². The summed E-state index contributed by atoms with van der Waals surface area (Å²) in [7, 11) is 0. The van der Waals surface area contributed by atoms with Gasteiger partial charge in [-0.25, -0.2) is 0 Å². The van der Waals surface area contributed by atoms with E-state index in [1.807, 2.05) is 0 Å². The van der Waals surface area contributed by atoms with Crippen molar-refractivity contribution in [1.82, 2.24) is 5.32 Å². The highest BCUT2D eigenvalue weighted by molar-refractivity contribution is 6.34. The smallest absolute Gasteiger partial charge is 0.309 e. The Bertz CT molecular complexity index is 405. The van der Waals surface area contributed by atoms with Crippen LogP contribution in [-0.4, -0.2) is 18.4 Å². The standard InChI is InChI=1S/C24H46N2O2/c1-2-3-4-5-6-7-8-9-10-12-16-22(21-17-13-11-14-18-21)19-15-20-26-24(28)23(25)27/h21-22H,2-20H2,1H3,(H2,25,27)(H,26,28). The van der Waals surface area contributed by atoms with E-state index in [0.29, 0.717) is 6.54 Å². The first-order chi connectivity index (χ1) is 13.6. The normalized spacial score (nSPS) is 16.0. The van der Waals surface area contributed by atoms with E-state index in [9.17, 15) is 9.59 Å². The molecule has 3 N–H and O–H groups in total. The number of amides is 2. The van der Waals surface area contributed by atoms with Crippen LogP contribution in [0.5, 0.6) is 0 Å². The molecule has 0 radical (unpaired) electrons. The maximum Gasteiger partial charge on any atom is 0.309 e. The summed E-state index contributed by atoms with van der Waals surface area (Å²) in [6.45, 7) is 2.85. The summed E-state index contributed by atoms with van der Waals surface area (Å²) in [5, 5.41) is 2.64. The molecule has 0 saturated heterocycles. The number of unbranched alkanes of at least 4 members (excludes halogenated alkanes) is 9. The molecule has 28 heavy (non-hydrogen) atoms. The third-order valence-electron chi connectivity index (χ3n) is 6.51. The maximum absolute atomic E-state index is 11.3. The summed E-state index contributed by atoms with van der Waals surface area (Å²) in [6, 6.07) is 0. The van der Waals surface area contributed by atoms with Gasteiger partial charge in [0.15, 0.2) is 0 Å². The molecule has 0 spiro atoms. The van der Waals surface area contributed by atoms with Gasteiger partial charge in [0.1, 0.15) is 0 Å². The highest BCUT2D eigenvalue weighted by atomic mass is 16.2. The molecule has 2 amide bonds. The second kappa shape index (κ2) is 16.9. The zero-order chi connectivity index (χ0) is 20.5. The van der Waals surface area contributed by atoms with Gasteiger partial charge in [-0.05, 0) is 24.7 Å². The number of carbonyl (C=O) groups excluding carboxylic acids is 2. The van der Waals surface area contributed by atoms with Crippen LogP contribution in [0.4, 0.5) is 0 Å². The van der Waals surface area contributed by atoms with Crippen molar-refractivity contribution in [2.24, 2.45) is 17.6 Å². The molecule has 1 unspecified atom stereocenters. The first-order valence-electron chi connectivity index (χ1n) is 12.2. The fraction of sp³-hybridized carbons (Fsp3) is 0.917. The molecular weight excluding hydrogens is 348 g/mol. The van der Waals surface area contributed by atoms with Crippen LogP contribution in [0.2, 0.25) is 0 Å². The first kappa shape index (κ1) is 25.0. The van der Waals surface area contributed by atoms with E-state index in [1.165, 1.54) is 109 Å². The Hall–Kier alpha value is -1.06. The molecule has 1 aliphatic rings. The van der Waals surface area contributed by atoms with Gasteiger partial charge < -0.3 is 11.1 Å². The van der Waals surface area contributed by atoms with Crippen molar-refractivity contribution in [3.05, 3.63) is 0 Å². The topological polar surface area (TPSA) is 72.2 Å². The average molecular weight is 395 g/mol. The Labute approximate surface area is 173 Å². The molecule has 164 valence electrons. The third-order valence-corrected chi connectivity index (χ3v) is 6.51. The predicted molar refractivity (Wildman–Crippen MR) is 118 cm³/mol. The lowest BCUT2D eigenvalue weighted by atomic mass is 9.76. The van der Waals surface area contributed by atoms with Crippen molar-refractivity contribution in [3.63, 3.8) is 0 Å². The van der Waals surface area contributed by atoms with Crippen molar-refractivity contribution in [3.8, 4) is 0 Å². The van der Waals surface area contributed by atoms with E-state index in [0.717, 1.165) is 18.3 Å². The van der Waals surface area contributed by atoms with E-state index in [4.69, 9.17) is 5.73 Å². The summed E-state index contributed by atoms with van der Waals surface area (Å²) in [5.74, 6) is 0.136. The van der Waals surface area contributed by atoms with E-state index < -0.39 is 11.8 Å². The van der Waals surface area contributed by atoms with E-state index in [2.05, 4.69) is 12.2 Å². The summed E-state index contributed by atoms with van der Waals surface area (Å²) in [5.41, 5.74) is 4.99. The molecule has 1 aliphatic carbocycles. The van der Waals surface area contributed by atoms with Crippen LogP contribution < -0.4 is 11.1 Å². The lowest BCUT2D eigenvalue weighted by molar-refractivity contribution is -0.137. The van der Waals surface area contributed by atoms with Gasteiger partial charge in [0, 0.05) is 6.54 Å². The number of hydrogen-bond acceptors (Lipinski definition) is 2. The zero-order valence-electron chi connectivity index (χ0n) is 18.5. The molecule has 0 aromatic carbocycles. The van der Waals surface area contributed by atoms with Crippen molar-refractivity contribution in [2.75, 3.05) is 6.54 Å². The van der Waals surface area contributed by atoms with Gasteiger partial charge in [0.05, 0.1) is 0 Å². The van der Waals surface area contributed by atoms with Crippen molar-refractivity contribution >= 4 is 11.8 Å². The number of primary amides is 1. The monoisotopic (exact) mass is 394 g/mol. The van der Waals surface area contributed by atoms with Crippen molar-refractivity contribution in [2.45, 2.75) is 122 Å². The highest BCUT2D eigenvalue weighted by Crippen LogP contribution is 2.35. The fourth-order valence-corrected chi connectivity index (χ4v) is 4.77. The minimum Gasteiger partial charge on any atom is -0.361 e. The van der Waals surface area contributed by atoms with Crippen LogP contribution in [0.3, 0.4) is 0 Å². The molecule has 1 saturated carbocycles. The number of nitrogens with one attached hydrogen (secondary N) is 1. The minimum absolute atomic E-state index is 0.572. The highest BCUT2D eigenvalue weighted by Gasteiger charge is 2.23. The second-order valence-corrected chi connectivity index (χ2v) is 8.89. The predicted octanol–water partition coefficient (Wildman–Crippen LogP) is 5.88. The summed E-state index contributed by atoms with van der Waals surface area (Å²) < 4.78 is 0. The lowest BCUT2D eigenvalue weighted by Gasteiger charge is -2.30. The van der Waals surface area contributed by atoms with Gasteiger partial charge in [-0.1, -0.05) is 110 Å². The zero-order valence-corrected chi connectivity index (χ0v) is 18.5. The van der Waals surface area contributed by atoms with Crippen LogP contribution in [0.15, 0.2) is 0 Å². The Kier molecular flexibility index (Phi) is 15.0. The Morgan fingerprint density at radius 3 is 1.93 bits per heavy atom. The van der Waals surface area contributed by atoms with Crippen LogP contribution in [0.25, 0.3) is 0 Å². The molecule has 0 bridgehead atoms. The number of rotatable bonds is 16.